The van der Waals surface area contributed by atoms with Crippen LogP contribution in [0.4, 0.5) is 0 Å². The van der Waals surface area contributed by atoms with Gasteiger partial charge in [0, 0.05) is 5.56 Å². The Balaban J connectivity index is 1.73. The van der Waals surface area contributed by atoms with Crippen molar-refractivity contribution in [2.75, 3.05) is 6.73 Å². The number of aliphatic hydroxyl groups is 1. The zero-order chi connectivity index (χ0) is 18.7. The van der Waals surface area contributed by atoms with Gasteiger partial charge in [0.1, 0.15) is 6.04 Å². The fourth-order valence-electron chi connectivity index (χ4n) is 3.05. The fraction of sp³-hybridized carbons (Fsp3) is 0.250. The van der Waals surface area contributed by atoms with E-state index in [4.69, 9.17) is 4.74 Å². The van der Waals surface area contributed by atoms with Gasteiger partial charge >= 0.3 is 5.97 Å². The number of amides is 1. The number of aliphatic hydroxyl groups excluding tert-OH is 1. The van der Waals surface area contributed by atoms with Gasteiger partial charge < -0.3 is 9.84 Å². The van der Waals surface area contributed by atoms with E-state index in [1.165, 1.54) is 11.8 Å². The van der Waals surface area contributed by atoms with Crippen molar-refractivity contribution in [3.05, 3.63) is 71.8 Å². The number of β-lactam (4-membered cyclic amide) rings is 1. The number of rotatable bonds is 6. The van der Waals surface area contributed by atoms with Crippen LogP contribution in [-0.2, 0) is 9.53 Å². The van der Waals surface area contributed by atoms with Crippen LogP contribution in [0, 0.1) is 5.92 Å². The number of esters is 1. The number of Topliss-reactive ketones (excluding diaryl/α,β-unsaturated/α-hetero) is 1. The van der Waals surface area contributed by atoms with Crippen LogP contribution in [0.15, 0.2) is 60.7 Å². The van der Waals surface area contributed by atoms with Crippen LogP contribution in [0.2, 0.25) is 0 Å². The molecule has 1 saturated heterocycles. The summed E-state index contributed by atoms with van der Waals surface area (Å²) in [4.78, 5) is 38.3. The predicted molar refractivity (Wildman–Crippen MR) is 93.3 cm³/mol. The Hall–Kier alpha value is -2.99. The van der Waals surface area contributed by atoms with E-state index in [0.717, 1.165) is 0 Å². The molecular formula is C20H19NO5. The minimum Gasteiger partial charge on any atom is -0.441 e. The van der Waals surface area contributed by atoms with Gasteiger partial charge in [-0.05, 0) is 19.1 Å². The van der Waals surface area contributed by atoms with Crippen LogP contribution in [0.5, 0.6) is 0 Å². The molecule has 1 aliphatic heterocycles. The van der Waals surface area contributed by atoms with Gasteiger partial charge in [-0.3, -0.25) is 14.5 Å². The molecule has 6 heteroatoms. The standard InChI is InChI=1S/C20H19NO5/c1-13(22)16-17(18(23)14-8-4-2-5-9-14)21(19(16)24)12-26-20(25)15-10-6-3-7-11-15/h2-11,13,16-17,22H,12H2,1H3/t13-,16-,17+/m1/s1. The maximum Gasteiger partial charge on any atom is 0.339 e. The van der Waals surface area contributed by atoms with E-state index in [1.54, 1.807) is 60.7 Å². The van der Waals surface area contributed by atoms with Crippen LogP contribution < -0.4 is 0 Å². The summed E-state index contributed by atoms with van der Waals surface area (Å²) in [5.74, 6) is -2.11. The third-order valence-corrected chi connectivity index (χ3v) is 4.44. The highest BCUT2D eigenvalue weighted by molar-refractivity contribution is 6.08. The summed E-state index contributed by atoms with van der Waals surface area (Å²) >= 11 is 0. The first-order valence-corrected chi connectivity index (χ1v) is 8.30. The molecular weight excluding hydrogens is 334 g/mol. The van der Waals surface area contributed by atoms with Crippen LogP contribution >= 0.6 is 0 Å². The third kappa shape index (κ3) is 3.36. The molecule has 0 radical (unpaired) electrons. The summed E-state index contributed by atoms with van der Waals surface area (Å²) in [6.45, 7) is 1.14. The summed E-state index contributed by atoms with van der Waals surface area (Å²) in [6, 6.07) is 16.1. The highest BCUT2D eigenvalue weighted by atomic mass is 16.5. The molecule has 1 amide bonds. The molecule has 134 valence electrons. The van der Waals surface area contributed by atoms with Gasteiger partial charge in [0.15, 0.2) is 12.5 Å². The molecule has 0 unspecified atom stereocenters. The van der Waals surface area contributed by atoms with E-state index >= 15 is 0 Å². The fourth-order valence-corrected chi connectivity index (χ4v) is 3.05. The molecule has 6 nitrogen and oxygen atoms in total. The molecule has 1 heterocycles. The van der Waals surface area contributed by atoms with E-state index in [-0.39, 0.29) is 12.5 Å². The number of ether oxygens (including phenoxy) is 1. The first-order valence-electron chi connectivity index (χ1n) is 8.30. The average Bonchev–Trinajstić information content (AvgIpc) is 2.66. The monoisotopic (exact) mass is 353 g/mol. The zero-order valence-electron chi connectivity index (χ0n) is 14.2. The Morgan fingerprint density at radius 2 is 1.58 bits per heavy atom. The van der Waals surface area contributed by atoms with Crippen LogP contribution in [0.1, 0.15) is 27.6 Å². The average molecular weight is 353 g/mol. The van der Waals surface area contributed by atoms with Crippen LogP contribution in [-0.4, -0.2) is 46.5 Å². The summed E-state index contributed by atoms with van der Waals surface area (Å²) in [5, 5.41) is 9.87. The molecule has 1 N–H and O–H groups in total. The maximum absolute atomic E-state index is 12.8. The maximum atomic E-state index is 12.8. The molecule has 3 rings (SSSR count). The molecule has 2 aromatic rings. The number of likely N-dealkylation sites (tertiary alicyclic amines) is 1. The lowest BCUT2D eigenvalue weighted by molar-refractivity contribution is -0.167. The summed E-state index contributed by atoms with van der Waals surface area (Å²) in [7, 11) is 0. The number of hydrogen-bond acceptors (Lipinski definition) is 5. The normalized spacial score (nSPS) is 20.2. The first-order chi connectivity index (χ1) is 12.5. The lowest BCUT2D eigenvalue weighted by Gasteiger charge is -2.46. The number of carbonyl (C=O) groups is 3. The highest BCUT2D eigenvalue weighted by Gasteiger charge is 2.53. The lowest BCUT2D eigenvalue weighted by Crippen LogP contribution is -2.67. The minimum atomic E-state index is -0.971. The molecule has 0 spiro atoms. The van der Waals surface area contributed by atoms with Crippen molar-refractivity contribution >= 4 is 17.7 Å². The Bertz CT molecular complexity index is 803. The molecule has 3 atom stereocenters. The number of benzene rings is 2. The van der Waals surface area contributed by atoms with Crippen molar-refractivity contribution in [2.45, 2.75) is 19.1 Å². The second-order valence-electron chi connectivity index (χ2n) is 6.18. The van der Waals surface area contributed by atoms with Gasteiger partial charge in [-0.25, -0.2) is 4.79 Å². The third-order valence-electron chi connectivity index (χ3n) is 4.44. The smallest absolute Gasteiger partial charge is 0.339 e. The van der Waals surface area contributed by atoms with Crippen molar-refractivity contribution < 1.29 is 24.2 Å². The summed E-state index contributed by atoms with van der Waals surface area (Å²) < 4.78 is 5.18. The van der Waals surface area contributed by atoms with Crippen molar-refractivity contribution in [3.63, 3.8) is 0 Å². The SMILES string of the molecule is C[C@@H](O)[C@H]1C(=O)N(COC(=O)c2ccccc2)[C@@H]1C(=O)c1ccccc1. The van der Waals surface area contributed by atoms with E-state index in [0.29, 0.717) is 11.1 Å². The van der Waals surface area contributed by atoms with Gasteiger partial charge in [-0.1, -0.05) is 48.5 Å². The Kier molecular flexibility index (Phi) is 5.14. The number of ketones is 1. The first kappa shape index (κ1) is 17.8. The second-order valence-corrected chi connectivity index (χ2v) is 6.18. The predicted octanol–water partition coefficient (Wildman–Crippen LogP) is 1.89. The molecule has 0 bridgehead atoms. The largest absolute Gasteiger partial charge is 0.441 e. The topological polar surface area (TPSA) is 83.9 Å². The molecule has 0 aromatic heterocycles. The van der Waals surface area contributed by atoms with Crippen LogP contribution in [0.3, 0.4) is 0 Å². The van der Waals surface area contributed by atoms with Crippen molar-refractivity contribution in [2.24, 2.45) is 5.92 Å². The van der Waals surface area contributed by atoms with Gasteiger partial charge in [-0.15, -0.1) is 0 Å². The van der Waals surface area contributed by atoms with Crippen LogP contribution in [0.25, 0.3) is 0 Å². The number of nitrogens with zero attached hydrogens (tertiary/aromatic N) is 1. The zero-order valence-corrected chi connectivity index (χ0v) is 14.2. The second kappa shape index (κ2) is 7.49. The minimum absolute atomic E-state index is 0.285. The van der Waals surface area contributed by atoms with Gasteiger partial charge in [0.05, 0.1) is 17.6 Å². The Labute approximate surface area is 151 Å². The summed E-state index contributed by atoms with van der Waals surface area (Å²) in [5.41, 5.74) is 0.800. The number of hydrogen-bond donors (Lipinski definition) is 1. The van der Waals surface area contributed by atoms with E-state index < -0.39 is 29.9 Å². The van der Waals surface area contributed by atoms with Crippen molar-refractivity contribution in [1.82, 2.24) is 4.90 Å². The number of carbonyl (C=O) groups excluding carboxylic acids is 3. The highest BCUT2D eigenvalue weighted by Crippen LogP contribution is 2.32. The van der Waals surface area contributed by atoms with Gasteiger partial charge in [0.2, 0.25) is 5.91 Å². The van der Waals surface area contributed by atoms with E-state index in [9.17, 15) is 19.5 Å². The quantitative estimate of drug-likeness (QED) is 0.487. The van der Waals surface area contributed by atoms with Crippen molar-refractivity contribution in [3.8, 4) is 0 Å². The molecule has 2 aromatic carbocycles. The van der Waals surface area contributed by atoms with Gasteiger partial charge in [0.25, 0.3) is 0 Å². The molecule has 0 saturated carbocycles. The lowest BCUT2D eigenvalue weighted by atomic mass is 9.79. The van der Waals surface area contributed by atoms with E-state index in [2.05, 4.69) is 0 Å². The van der Waals surface area contributed by atoms with Gasteiger partial charge in [-0.2, -0.15) is 0 Å². The molecule has 26 heavy (non-hydrogen) atoms. The van der Waals surface area contributed by atoms with Crippen molar-refractivity contribution in [1.29, 1.82) is 0 Å². The Morgan fingerprint density at radius 3 is 2.12 bits per heavy atom. The van der Waals surface area contributed by atoms with E-state index in [1.807, 2.05) is 0 Å². The molecule has 1 aliphatic rings. The molecule has 1 fully saturated rings. The Morgan fingerprint density at radius 1 is 1.04 bits per heavy atom. The summed E-state index contributed by atoms with van der Waals surface area (Å²) in [6.07, 6.45) is -0.971. The molecule has 0 aliphatic carbocycles.